The van der Waals surface area contributed by atoms with Crippen molar-refractivity contribution in [1.82, 2.24) is 0 Å². The van der Waals surface area contributed by atoms with Crippen molar-refractivity contribution in [2.45, 2.75) is 52.1 Å². The minimum atomic E-state index is -0.635. The summed E-state index contributed by atoms with van der Waals surface area (Å²) >= 11 is 0. The van der Waals surface area contributed by atoms with Crippen LogP contribution in [0.4, 0.5) is 11.4 Å². The summed E-state index contributed by atoms with van der Waals surface area (Å²) in [5, 5.41) is 14.0. The first-order valence-corrected chi connectivity index (χ1v) is 7.83. The van der Waals surface area contributed by atoms with Crippen molar-refractivity contribution < 1.29 is 9.84 Å². The van der Waals surface area contributed by atoms with Gasteiger partial charge in [0, 0.05) is 6.54 Å². The van der Waals surface area contributed by atoms with Crippen LogP contribution in [0.25, 0.3) is 0 Å². The molecule has 0 atom stereocenters. The van der Waals surface area contributed by atoms with Crippen LogP contribution >= 0.6 is 0 Å². The predicted molar refractivity (Wildman–Crippen MR) is 87.7 cm³/mol. The SMILES string of the molecule is CCOc1cccc(NCC2(O)CCC(C)(C)CC2)c1N. The summed E-state index contributed by atoms with van der Waals surface area (Å²) in [6.45, 7) is 7.59. The number of para-hydroxylation sites is 1. The van der Waals surface area contributed by atoms with Crippen LogP contribution in [0.2, 0.25) is 0 Å². The Bertz CT molecular complexity index is 476. The zero-order valence-corrected chi connectivity index (χ0v) is 13.4. The summed E-state index contributed by atoms with van der Waals surface area (Å²) < 4.78 is 5.49. The average molecular weight is 292 g/mol. The molecule has 1 aromatic carbocycles. The van der Waals surface area contributed by atoms with Gasteiger partial charge < -0.3 is 20.9 Å². The molecule has 1 saturated carbocycles. The van der Waals surface area contributed by atoms with Gasteiger partial charge in [0.1, 0.15) is 5.75 Å². The lowest BCUT2D eigenvalue weighted by atomic mass is 9.71. The van der Waals surface area contributed by atoms with Crippen molar-refractivity contribution in [3.8, 4) is 5.75 Å². The summed E-state index contributed by atoms with van der Waals surface area (Å²) in [6.07, 6.45) is 3.77. The molecular weight excluding hydrogens is 264 g/mol. The number of hydrogen-bond donors (Lipinski definition) is 3. The van der Waals surface area contributed by atoms with Crippen LogP contribution in [0.3, 0.4) is 0 Å². The normalized spacial score (nSPS) is 20.0. The Labute approximate surface area is 127 Å². The van der Waals surface area contributed by atoms with E-state index >= 15 is 0 Å². The zero-order chi connectivity index (χ0) is 15.5. The standard InChI is InChI=1S/C17H28N2O2/c1-4-21-14-7-5-6-13(15(14)18)19-12-17(20)10-8-16(2,3)9-11-17/h5-7,19-20H,4,8-12,18H2,1-3H3. The van der Waals surface area contributed by atoms with Crippen LogP contribution in [0.15, 0.2) is 18.2 Å². The number of nitrogen functional groups attached to an aromatic ring is 1. The monoisotopic (exact) mass is 292 g/mol. The van der Waals surface area contributed by atoms with Crippen LogP contribution in [0.5, 0.6) is 5.75 Å². The van der Waals surface area contributed by atoms with E-state index in [1.807, 2.05) is 25.1 Å². The zero-order valence-electron chi connectivity index (χ0n) is 13.4. The van der Waals surface area contributed by atoms with Gasteiger partial charge >= 0.3 is 0 Å². The number of hydrogen-bond acceptors (Lipinski definition) is 4. The van der Waals surface area contributed by atoms with E-state index < -0.39 is 5.60 Å². The predicted octanol–water partition coefficient (Wildman–Crippen LogP) is 3.41. The van der Waals surface area contributed by atoms with Crippen LogP contribution in [-0.2, 0) is 0 Å². The molecule has 4 N–H and O–H groups in total. The van der Waals surface area contributed by atoms with Gasteiger partial charge in [-0.25, -0.2) is 0 Å². The second-order valence-corrected chi connectivity index (χ2v) is 6.89. The second-order valence-electron chi connectivity index (χ2n) is 6.89. The highest BCUT2D eigenvalue weighted by Gasteiger charge is 2.36. The van der Waals surface area contributed by atoms with Crippen molar-refractivity contribution >= 4 is 11.4 Å². The van der Waals surface area contributed by atoms with E-state index in [1.54, 1.807) is 0 Å². The lowest BCUT2D eigenvalue weighted by molar-refractivity contribution is -0.0145. The molecule has 0 radical (unpaired) electrons. The second kappa shape index (κ2) is 6.14. The molecule has 21 heavy (non-hydrogen) atoms. The lowest BCUT2D eigenvalue weighted by Crippen LogP contribution is -2.42. The highest BCUT2D eigenvalue weighted by molar-refractivity contribution is 5.73. The topological polar surface area (TPSA) is 67.5 Å². The Kier molecular flexibility index (Phi) is 4.67. The maximum atomic E-state index is 10.7. The van der Waals surface area contributed by atoms with E-state index in [-0.39, 0.29) is 0 Å². The van der Waals surface area contributed by atoms with Crippen LogP contribution < -0.4 is 15.8 Å². The Hall–Kier alpha value is -1.42. The maximum absolute atomic E-state index is 10.7. The third-order valence-electron chi connectivity index (χ3n) is 4.51. The van der Waals surface area contributed by atoms with Gasteiger partial charge in [0.25, 0.3) is 0 Å². The number of rotatable bonds is 5. The molecule has 1 aliphatic rings. The molecular formula is C17H28N2O2. The molecule has 0 aromatic heterocycles. The molecule has 1 aromatic rings. The summed E-state index contributed by atoms with van der Waals surface area (Å²) in [4.78, 5) is 0. The van der Waals surface area contributed by atoms with E-state index in [1.165, 1.54) is 0 Å². The third-order valence-corrected chi connectivity index (χ3v) is 4.51. The Morgan fingerprint density at radius 3 is 2.52 bits per heavy atom. The molecule has 4 heteroatoms. The van der Waals surface area contributed by atoms with Gasteiger partial charge in [-0.3, -0.25) is 0 Å². The van der Waals surface area contributed by atoms with E-state index in [9.17, 15) is 5.11 Å². The van der Waals surface area contributed by atoms with Crippen LogP contribution in [0.1, 0.15) is 46.5 Å². The average Bonchev–Trinajstić information content (AvgIpc) is 2.44. The molecule has 1 fully saturated rings. The first-order valence-electron chi connectivity index (χ1n) is 7.83. The smallest absolute Gasteiger partial charge is 0.144 e. The van der Waals surface area contributed by atoms with Gasteiger partial charge in [0.15, 0.2) is 0 Å². The molecule has 2 rings (SSSR count). The van der Waals surface area contributed by atoms with Crippen molar-refractivity contribution in [2.24, 2.45) is 5.41 Å². The lowest BCUT2D eigenvalue weighted by Gasteiger charge is -2.40. The highest BCUT2D eigenvalue weighted by Crippen LogP contribution is 2.40. The van der Waals surface area contributed by atoms with E-state index in [2.05, 4.69) is 19.2 Å². The van der Waals surface area contributed by atoms with Gasteiger partial charge in [-0.1, -0.05) is 19.9 Å². The number of aliphatic hydroxyl groups is 1. The van der Waals surface area contributed by atoms with Crippen LogP contribution in [-0.4, -0.2) is 23.9 Å². The van der Waals surface area contributed by atoms with Crippen molar-refractivity contribution in [3.05, 3.63) is 18.2 Å². The number of nitrogens with two attached hydrogens (primary N) is 1. The van der Waals surface area contributed by atoms with Gasteiger partial charge in [0.05, 0.1) is 23.6 Å². The Morgan fingerprint density at radius 2 is 1.90 bits per heavy atom. The first-order chi connectivity index (χ1) is 9.85. The fraction of sp³-hybridized carbons (Fsp3) is 0.647. The fourth-order valence-electron chi connectivity index (χ4n) is 2.81. The molecule has 0 aliphatic heterocycles. The third kappa shape index (κ3) is 4.03. The summed E-state index contributed by atoms with van der Waals surface area (Å²) in [6, 6.07) is 5.70. The Morgan fingerprint density at radius 1 is 1.24 bits per heavy atom. The highest BCUT2D eigenvalue weighted by atomic mass is 16.5. The maximum Gasteiger partial charge on any atom is 0.144 e. The van der Waals surface area contributed by atoms with Crippen molar-refractivity contribution in [3.63, 3.8) is 0 Å². The van der Waals surface area contributed by atoms with E-state index in [4.69, 9.17) is 10.5 Å². The minimum Gasteiger partial charge on any atom is -0.492 e. The molecule has 0 saturated heterocycles. The fourth-order valence-corrected chi connectivity index (χ4v) is 2.81. The molecule has 0 spiro atoms. The number of ether oxygens (including phenoxy) is 1. The Balaban J connectivity index is 1.98. The van der Waals surface area contributed by atoms with Crippen LogP contribution in [0, 0.1) is 5.41 Å². The first kappa shape index (κ1) is 16.0. The quantitative estimate of drug-likeness (QED) is 0.728. The minimum absolute atomic E-state index is 0.347. The van der Waals surface area contributed by atoms with E-state index in [0.717, 1.165) is 31.4 Å². The number of nitrogens with one attached hydrogen (secondary N) is 1. The number of benzene rings is 1. The largest absolute Gasteiger partial charge is 0.492 e. The molecule has 1 aliphatic carbocycles. The molecule has 0 amide bonds. The summed E-state index contributed by atoms with van der Waals surface area (Å²) in [7, 11) is 0. The van der Waals surface area contributed by atoms with Crippen molar-refractivity contribution in [1.29, 1.82) is 0 Å². The molecule has 0 unspecified atom stereocenters. The molecule has 0 bridgehead atoms. The van der Waals surface area contributed by atoms with Gasteiger partial charge in [0.2, 0.25) is 0 Å². The summed E-state index contributed by atoms with van der Waals surface area (Å²) in [5.74, 6) is 0.694. The van der Waals surface area contributed by atoms with Gasteiger partial charge in [-0.15, -0.1) is 0 Å². The summed E-state index contributed by atoms with van der Waals surface area (Å²) in [5.41, 5.74) is 7.26. The molecule has 0 heterocycles. The van der Waals surface area contributed by atoms with Gasteiger partial charge in [-0.2, -0.15) is 0 Å². The van der Waals surface area contributed by atoms with E-state index in [0.29, 0.717) is 30.0 Å². The molecule has 118 valence electrons. The van der Waals surface area contributed by atoms with Crippen molar-refractivity contribution in [2.75, 3.05) is 24.2 Å². The van der Waals surface area contributed by atoms with Gasteiger partial charge in [-0.05, 0) is 50.2 Å². The molecule has 4 nitrogen and oxygen atoms in total. The number of anilines is 2.